The summed E-state index contributed by atoms with van der Waals surface area (Å²) in [6, 6.07) is 9.03. The van der Waals surface area contributed by atoms with Gasteiger partial charge in [0.25, 0.3) is 0 Å². The lowest BCUT2D eigenvalue weighted by molar-refractivity contribution is -0.137. The molecule has 0 fully saturated rings. The number of anilines is 2. The van der Waals surface area contributed by atoms with Crippen molar-refractivity contribution >= 4 is 28.3 Å². The summed E-state index contributed by atoms with van der Waals surface area (Å²) in [5.41, 5.74) is 1.95. The van der Waals surface area contributed by atoms with Crippen LogP contribution < -0.4 is 10.6 Å². The second-order valence-corrected chi connectivity index (χ2v) is 5.63. The number of H-pyrrole nitrogens is 1. The molecule has 0 saturated carbocycles. The zero-order valence-corrected chi connectivity index (χ0v) is 13.5. The van der Waals surface area contributed by atoms with Crippen molar-refractivity contribution in [1.29, 1.82) is 5.26 Å². The zero-order valence-electron chi connectivity index (χ0n) is 13.5. The molecule has 2 aromatic carbocycles. The van der Waals surface area contributed by atoms with Gasteiger partial charge in [-0.3, -0.25) is 0 Å². The summed E-state index contributed by atoms with van der Waals surface area (Å²) >= 11 is 0. The summed E-state index contributed by atoms with van der Waals surface area (Å²) in [6.45, 7) is 1.79. The minimum atomic E-state index is -4.42. The highest BCUT2D eigenvalue weighted by Gasteiger charge is 2.30. The van der Waals surface area contributed by atoms with Gasteiger partial charge in [0.2, 0.25) is 0 Å². The first-order chi connectivity index (χ1) is 12.3. The van der Waals surface area contributed by atoms with Crippen LogP contribution in [0.1, 0.15) is 16.7 Å². The number of nitrogens with one attached hydrogen (secondary N) is 3. The molecule has 3 N–H and O–H groups in total. The van der Waals surface area contributed by atoms with Crippen LogP contribution in [0, 0.1) is 18.3 Å². The summed E-state index contributed by atoms with van der Waals surface area (Å²) in [4.78, 5) is 15.1. The number of benzene rings is 2. The summed E-state index contributed by atoms with van der Waals surface area (Å²) in [6.07, 6.45) is -2.84. The molecule has 3 rings (SSSR count). The molecule has 1 heterocycles. The molecule has 0 spiro atoms. The van der Waals surface area contributed by atoms with E-state index < -0.39 is 17.8 Å². The highest BCUT2D eigenvalue weighted by molar-refractivity contribution is 6.02. The van der Waals surface area contributed by atoms with E-state index in [0.29, 0.717) is 11.3 Å². The average Bonchev–Trinajstić information content (AvgIpc) is 3.01. The maximum absolute atomic E-state index is 12.5. The Hall–Kier alpha value is -3.47. The Bertz CT molecular complexity index is 1010. The molecule has 26 heavy (non-hydrogen) atoms. The number of fused-ring (bicyclic) bond motifs is 1. The minimum Gasteiger partial charge on any atom is -0.360 e. The number of aromatic nitrogens is 1. The molecule has 0 atom stereocenters. The van der Waals surface area contributed by atoms with Crippen LogP contribution in [0.4, 0.5) is 29.3 Å². The molecule has 8 heteroatoms. The van der Waals surface area contributed by atoms with Gasteiger partial charge in [-0.1, -0.05) is 0 Å². The van der Waals surface area contributed by atoms with Crippen molar-refractivity contribution in [3.8, 4) is 6.07 Å². The quantitative estimate of drug-likeness (QED) is 0.602. The molecule has 0 aliphatic heterocycles. The van der Waals surface area contributed by atoms with Gasteiger partial charge in [-0.05, 0) is 48.9 Å². The van der Waals surface area contributed by atoms with Gasteiger partial charge >= 0.3 is 12.2 Å². The lowest BCUT2D eigenvalue weighted by Gasteiger charge is -2.12. The van der Waals surface area contributed by atoms with E-state index in [2.05, 4.69) is 21.7 Å². The number of nitriles is 1. The van der Waals surface area contributed by atoms with Crippen LogP contribution in [-0.4, -0.2) is 11.0 Å². The second-order valence-electron chi connectivity index (χ2n) is 5.63. The fourth-order valence-corrected chi connectivity index (χ4v) is 2.60. The van der Waals surface area contributed by atoms with E-state index in [-0.39, 0.29) is 5.69 Å². The van der Waals surface area contributed by atoms with Crippen molar-refractivity contribution in [3.63, 3.8) is 0 Å². The molecule has 0 aliphatic carbocycles. The maximum Gasteiger partial charge on any atom is 0.416 e. The monoisotopic (exact) mass is 358 g/mol. The largest absolute Gasteiger partial charge is 0.416 e. The SMILES string of the molecule is Cc1c(NC(=O)Nc2ccc(C(F)(F)F)cc2)ccc2c(C#N)c[nH]c12. The predicted molar refractivity (Wildman–Crippen MR) is 91.8 cm³/mol. The number of carbonyl (C=O) groups excluding carboxylic acids is 1. The Balaban J connectivity index is 1.75. The molecular weight excluding hydrogens is 345 g/mol. The third kappa shape index (κ3) is 3.32. The number of hydrogen-bond acceptors (Lipinski definition) is 2. The Morgan fingerprint density at radius 1 is 1.12 bits per heavy atom. The standard InChI is InChI=1S/C18H13F3N4O/c1-10-15(7-6-14-11(8-22)9-23-16(10)14)25-17(26)24-13-4-2-12(3-5-13)18(19,20)21/h2-7,9,23H,1H3,(H2,24,25,26). The van der Waals surface area contributed by atoms with Gasteiger partial charge in [0.15, 0.2) is 0 Å². The Morgan fingerprint density at radius 3 is 2.42 bits per heavy atom. The summed E-state index contributed by atoms with van der Waals surface area (Å²) in [7, 11) is 0. The number of aryl methyl sites for hydroxylation is 1. The van der Waals surface area contributed by atoms with Crippen LogP contribution in [0.5, 0.6) is 0 Å². The lowest BCUT2D eigenvalue weighted by Crippen LogP contribution is -2.20. The van der Waals surface area contributed by atoms with E-state index in [0.717, 1.165) is 28.6 Å². The van der Waals surface area contributed by atoms with Gasteiger partial charge in [-0.25, -0.2) is 4.79 Å². The van der Waals surface area contributed by atoms with Gasteiger partial charge in [0, 0.05) is 23.0 Å². The first kappa shape index (κ1) is 17.4. The van der Waals surface area contributed by atoms with E-state index in [1.54, 1.807) is 25.3 Å². The average molecular weight is 358 g/mol. The number of alkyl halides is 3. The molecule has 0 bridgehead atoms. The van der Waals surface area contributed by atoms with Crippen LogP contribution in [0.25, 0.3) is 10.9 Å². The smallest absolute Gasteiger partial charge is 0.360 e. The molecule has 0 radical (unpaired) electrons. The van der Waals surface area contributed by atoms with Crippen LogP contribution in [0.15, 0.2) is 42.6 Å². The van der Waals surface area contributed by atoms with Crippen molar-refractivity contribution < 1.29 is 18.0 Å². The van der Waals surface area contributed by atoms with Crippen molar-refractivity contribution in [3.05, 3.63) is 59.3 Å². The van der Waals surface area contributed by atoms with Crippen molar-refractivity contribution in [2.45, 2.75) is 13.1 Å². The lowest BCUT2D eigenvalue weighted by atomic mass is 10.1. The molecule has 0 unspecified atom stereocenters. The number of nitrogens with zero attached hydrogens (tertiary/aromatic N) is 1. The molecule has 1 aromatic heterocycles. The van der Waals surface area contributed by atoms with Gasteiger partial charge < -0.3 is 15.6 Å². The Kier molecular flexibility index (Phi) is 4.30. The number of hydrogen-bond donors (Lipinski definition) is 3. The number of aromatic amines is 1. The Labute approximate surface area is 146 Å². The van der Waals surface area contributed by atoms with E-state index in [9.17, 15) is 18.0 Å². The summed E-state index contributed by atoms with van der Waals surface area (Å²) in [5, 5.41) is 14.9. The summed E-state index contributed by atoms with van der Waals surface area (Å²) in [5.74, 6) is 0. The fourth-order valence-electron chi connectivity index (χ4n) is 2.60. The van der Waals surface area contributed by atoms with Crippen molar-refractivity contribution in [2.24, 2.45) is 0 Å². The van der Waals surface area contributed by atoms with E-state index in [4.69, 9.17) is 5.26 Å². The van der Waals surface area contributed by atoms with Gasteiger partial charge in [0.1, 0.15) is 6.07 Å². The molecule has 0 aliphatic rings. The molecule has 132 valence electrons. The first-order valence-electron chi connectivity index (χ1n) is 7.55. The molecule has 5 nitrogen and oxygen atoms in total. The first-order valence-corrected chi connectivity index (χ1v) is 7.55. The minimum absolute atomic E-state index is 0.237. The van der Waals surface area contributed by atoms with Crippen molar-refractivity contribution in [2.75, 3.05) is 10.6 Å². The van der Waals surface area contributed by atoms with E-state index in [1.807, 2.05) is 0 Å². The van der Waals surface area contributed by atoms with Gasteiger partial charge in [0.05, 0.1) is 16.6 Å². The maximum atomic E-state index is 12.5. The van der Waals surface area contributed by atoms with Gasteiger partial charge in [-0.2, -0.15) is 18.4 Å². The van der Waals surface area contributed by atoms with Crippen LogP contribution in [0.3, 0.4) is 0 Å². The van der Waals surface area contributed by atoms with Gasteiger partial charge in [-0.15, -0.1) is 0 Å². The predicted octanol–water partition coefficient (Wildman–Crippen LogP) is 5.01. The normalized spacial score (nSPS) is 11.2. The number of carbonyl (C=O) groups is 1. The molecule has 3 aromatic rings. The molecule has 0 saturated heterocycles. The highest BCUT2D eigenvalue weighted by atomic mass is 19.4. The van der Waals surface area contributed by atoms with Crippen LogP contribution in [-0.2, 0) is 6.18 Å². The Morgan fingerprint density at radius 2 is 1.81 bits per heavy atom. The number of urea groups is 1. The third-order valence-corrected chi connectivity index (χ3v) is 3.95. The molecule has 2 amide bonds. The number of rotatable bonds is 2. The zero-order chi connectivity index (χ0) is 18.9. The van der Waals surface area contributed by atoms with Crippen molar-refractivity contribution in [1.82, 2.24) is 4.98 Å². The van der Waals surface area contributed by atoms with E-state index in [1.165, 1.54) is 12.1 Å². The molecular formula is C18H13F3N4O. The van der Waals surface area contributed by atoms with Crippen LogP contribution >= 0.6 is 0 Å². The van der Waals surface area contributed by atoms with Crippen LogP contribution in [0.2, 0.25) is 0 Å². The summed E-state index contributed by atoms with van der Waals surface area (Å²) < 4.78 is 37.6. The topological polar surface area (TPSA) is 80.7 Å². The highest BCUT2D eigenvalue weighted by Crippen LogP contribution is 2.30. The second kappa shape index (κ2) is 6.44. The van der Waals surface area contributed by atoms with E-state index >= 15 is 0 Å². The number of halogens is 3. The number of amides is 2. The third-order valence-electron chi connectivity index (χ3n) is 3.95. The fraction of sp³-hybridized carbons (Fsp3) is 0.111.